The molecule has 0 unspecified atom stereocenters. The fraction of sp³-hybridized carbons (Fsp3) is 0.500. The minimum Gasteiger partial charge on any atom is -0.494 e. The van der Waals surface area contributed by atoms with Gasteiger partial charge in [0.15, 0.2) is 0 Å². The van der Waals surface area contributed by atoms with E-state index < -0.39 is 0 Å². The number of hydrogen-bond acceptors (Lipinski definition) is 3. The summed E-state index contributed by atoms with van der Waals surface area (Å²) in [6.45, 7) is 9.01. The number of unbranched alkanes of at least 4 members (excludes halogenated alkanes) is 3. The van der Waals surface area contributed by atoms with Crippen LogP contribution in [0.3, 0.4) is 0 Å². The molecular weight excluding hydrogens is 334 g/mol. The summed E-state index contributed by atoms with van der Waals surface area (Å²) in [4.78, 5) is 0. The first-order valence-corrected chi connectivity index (χ1v) is 10.4. The molecule has 0 spiro atoms. The van der Waals surface area contributed by atoms with Crippen LogP contribution in [0.4, 0.5) is 5.69 Å². The molecular formula is C24H35NO2. The highest BCUT2D eigenvalue weighted by atomic mass is 16.5. The summed E-state index contributed by atoms with van der Waals surface area (Å²) in [6.07, 6.45) is 6.00. The molecule has 0 saturated heterocycles. The molecule has 3 heteroatoms. The number of ether oxygens (including phenoxy) is 2. The lowest BCUT2D eigenvalue weighted by atomic mass is 10.1. The Balaban J connectivity index is 1.74. The van der Waals surface area contributed by atoms with Crippen molar-refractivity contribution in [3.63, 3.8) is 0 Å². The highest BCUT2D eigenvalue weighted by molar-refractivity contribution is 5.47. The van der Waals surface area contributed by atoms with Gasteiger partial charge in [0.1, 0.15) is 11.5 Å². The van der Waals surface area contributed by atoms with Gasteiger partial charge in [-0.1, -0.05) is 52.2 Å². The van der Waals surface area contributed by atoms with Gasteiger partial charge in [-0.2, -0.15) is 0 Å². The number of anilines is 1. The van der Waals surface area contributed by atoms with Crippen LogP contribution in [0.15, 0.2) is 48.5 Å². The summed E-state index contributed by atoms with van der Waals surface area (Å²) in [5.74, 6) is 2.55. The van der Waals surface area contributed by atoms with Gasteiger partial charge in [0.25, 0.3) is 0 Å². The fourth-order valence-electron chi connectivity index (χ4n) is 2.75. The van der Waals surface area contributed by atoms with Crippen LogP contribution in [0.1, 0.15) is 58.4 Å². The first kappa shape index (κ1) is 21.1. The van der Waals surface area contributed by atoms with E-state index in [-0.39, 0.29) is 0 Å². The quantitative estimate of drug-likeness (QED) is 0.399. The van der Waals surface area contributed by atoms with Crippen molar-refractivity contribution in [3.8, 4) is 11.5 Å². The molecule has 0 heterocycles. The Morgan fingerprint density at radius 1 is 0.852 bits per heavy atom. The van der Waals surface area contributed by atoms with Crippen molar-refractivity contribution < 1.29 is 9.47 Å². The van der Waals surface area contributed by atoms with Gasteiger partial charge >= 0.3 is 0 Å². The molecule has 148 valence electrons. The second-order valence-corrected chi connectivity index (χ2v) is 7.47. The Kier molecular flexibility index (Phi) is 9.61. The van der Waals surface area contributed by atoms with Gasteiger partial charge in [0, 0.05) is 12.2 Å². The second kappa shape index (κ2) is 12.3. The second-order valence-electron chi connectivity index (χ2n) is 7.47. The topological polar surface area (TPSA) is 30.5 Å². The van der Waals surface area contributed by atoms with Crippen molar-refractivity contribution in [1.29, 1.82) is 0 Å². The third kappa shape index (κ3) is 8.85. The molecule has 0 aliphatic rings. The minimum atomic E-state index is 0.665. The third-order valence-corrected chi connectivity index (χ3v) is 4.48. The lowest BCUT2D eigenvalue weighted by Crippen LogP contribution is -2.03. The highest BCUT2D eigenvalue weighted by Crippen LogP contribution is 2.19. The summed E-state index contributed by atoms with van der Waals surface area (Å²) < 4.78 is 11.6. The van der Waals surface area contributed by atoms with Crippen molar-refractivity contribution in [2.45, 2.75) is 59.4 Å². The SMILES string of the molecule is CCCCCCOc1ccc(NCc2cccc(OCCC(C)C)c2)cc1. The predicted molar refractivity (Wildman–Crippen MR) is 115 cm³/mol. The third-order valence-electron chi connectivity index (χ3n) is 4.48. The van der Waals surface area contributed by atoms with Crippen molar-refractivity contribution in [3.05, 3.63) is 54.1 Å². The summed E-state index contributed by atoms with van der Waals surface area (Å²) in [6, 6.07) is 16.5. The molecule has 0 fully saturated rings. The van der Waals surface area contributed by atoms with E-state index in [1.54, 1.807) is 0 Å². The van der Waals surface area contributed by atoms with Crippen LogP contribution in [0, 0.1) is 5.92 Å². The number of hydrogen-bond donors (Lipinski definition) is 1. The van der Waals surface area contributed by atoms with Gasteiger partial charge in [-0.05, 0) is 60.7 Å². The standard InChI is InChI=1S/C24H35NO2/c1-4-5-6-7-16-26-23-13-11-22(12-14-23)25-19-21-9-8-10-24(18-21)27-17-15-20(2)3/h8-14,18,20,25H,4-7,15-17,19H2,1-3H3. The van der Waals surface area contributed by atoms with Crippen LogP contribution in [-0.4, -0.2) is 13.2 Å². The van der Waals surface area contributed by atoms with E-state index >= 15 is 0 Å². The lowest BCUT2D eigenvalue weighted by molar-refractivity contribution is 0.289. The molecule has 0 atom stereocenters. The molecule has 3 nitrogen and oxygen atoms in total. The molecule has 0 aliphatic carbocycles. The summed E-state index contributed by atoms with van der Waals surface area (Å²) in [7, 11) is 0. The maximum atomic E-state index is 5.84. The Hall–Kier alpha value is -2.16. The average molecular weight is 370 g/mol. The molecule has 0 radical (unpaired) electrons. The fourth-order valence-corrected chi connectivity index (χ4v) is 2.75. The monoisotopic (exact) mass is 369 g/mol. The largest absolute Gasteiger partial charge is 0.494 e. The maximum absolute atomic E-state index is 5.84. The van der Waals surface area contributed by atoms with Crippen LogP contribution in [0.2, 0.25) is 0 Å². The zero-order valence-corrected chi connectivity index (χ0v) is 17.2. The van der Waals surface area contributed by atoms with Crippen molar-refractivity contribution >= 4 is 5.69 Å². The Bertz CT molecular complexity index is 637. The van der Waals surface area contributed by atoms with Crippen molar-refractivity contribution in [2.75, 3.05) is 18.5 Å². The Labute approximate surface area is 165 Å². The molecule has 0 amide bonds. The van der Waals surface area contributed by atoms with Gasteiger partial charge < -0.3 is 14.8 Å². The molecule has 2 rings (SSSR count). The molecule has 2 aromatic carbocycles. The van der Waals surface area contributed by atoms with Gasteiger partial charge in [0.05, 0.1) is 13.2 Å². The average Bonchev–Trinajstić information content (AvgIpc) is 2.67. The van der Waals surface area contributed by atoms with E-state index in [1.165, 1.54) is 24.8 Å². The van der Waals surface area contributed by atoms with Crippen LogP contribution < -0.4 is 14.8 Å². The van der Waals surface area contributed by atoms with Gasteiger partial charge in [0.2, 0.25) is 0 Å². The molecule has 0 aliphatic heterocycles. The van der Waals surface area contributed by atoms with Crippen LogP contribution >= 0.6 is 0 Å². The van der Waals surface area contributed by atoms with E-state index in [0.29, 0.717) is 5.92 Å². The first-order chi connectivity index (χ1) is 13.2. The van der Waals surface area contributed by atoms with Gasteiger partial charge in [-0.3, -0.25) is 0 Å². The van der Waals surface area contributed by atoms with Gasteiger partial charge in [-0.25, -0.2) is 0 Å². The summed E-state index contributed by atoms with van der Waals surface area (Å²) in [5, 5.41) is 3.46. The van der Waals surface area contributed by atoms with Crippen LogP contribution in [0.25, 0.3) is 0 Å². The number of benzene rings is 2. The summed E-state index contributed by atoms with van der Waals surface area (Å²) in [5.41, 5.74) is 2.31. The van der Waals surface area contributed by atoms with Crippen molar-refractivity contribution in [2.24, 2.45) is 5.92 Å². The van der Waals surface area contributed by atoms with Crippen LogP contribution in [-0.2, 0) is 6.54 Å². The molecule has 0 aromatic heterocycles. The number of nitrogens with one attached hydrogen (secondary N) is 1. The molecule has 0 bridgehead atoms. The van der Waals surface area contributed by atoms with E-state index in [4.69, 9.17) is 9.47 Å². The van der Waals surface area contributed by atoms with Crippen molar-refractivity contribution in [1.82, 2.24) is 0 Å². The molecule has 27 heavy (non-hydrogen) atoms. The first-order valence-electron chi connectivity index (χ1n) is 10.4. The maximum Gasteiger partial charge on any atom is 0.119 e. The zero-order valence-electron chi connectivity index (χ0n) is 17.2. The predicted octanol–water partition coefficient (Wildman–Crippen LogP) is 6.68. The zero-order chi connectivity index (χ0) is 19.3. The van der Waals surface area contributed by atoms with Gasteiger partial charge in [-0.15, -0.1) is 0 Å². The number of rotatable bonds is 13. The molecule has 1 N–H and O–H groups in total. The smallest absolute Gasteiger partial charge is 0.119 e. The molecule has 0 saturated carbocycles. The molecule has 2 aromatic rings. The van der Waals surface area contributed by atoms with E-state index in [0.717, 1.165) is 49.8 Å². The normalized spacial score (nSPS) is 10.8. The highest BCUT2D eigenvalue weighted by Gasteiger charge is 2.00. The lowest BCUT2D eigenvalue weighted by Gasteiger charge is -2.11. The Morgan fingerprint density at radius 3 is 2.37 bits per heavy atom. The van der Waals surface area contributed by atoms with E-state index in [9.17, 15) is 0 Å². The van der Waals surface area contributed by atoms with E-state index in [2.05, 4.69) is 56.4 Å². The van der Waals surface area contributed by atoms with Crippen LogP contribution in [0.5, 0.6) is 11.5 Å². The minimum absolute atomic E-state index is 0.665. The van der Waals surface area contributed by atoms with E-state index in [1.807, 2.05) is 18.2 Å². The summed E-state index contributed by atoms with van der Waals surface area (Å²) >= 11 is 0. The Morgan fingerprint density at radius 2 is 1.63 bits per heavy atom.